The molecule has 2 aliphatic rings. The van der Waals surface area contributed by atoms with Crippen LogP contribution in [0.5, 0.6) is 0 Å². The molecule has 1 saturated carbocycles. The Hall–Kier alpha value is -4.68. The lowest BCUT2D eigenvalue weighted by Crippen LogP contribution is -2.62. The molecule has 51 heavy (non-hydrogen) atoms. The molecule has 0 spiro atoms. The fourth-order valence-electron chi connectivity index (χ4n) is 7.15. The number of amides is 5. The number of aromatic nitrogens is 2. The minimum Gasteiger partial charge on any atom is -0.344 e. The van der Waals surface area contributed by atoms with Gasteiger partial charge in [0.1, 0.15) is 23.8 Å². The number of nitrogens with zero attached hydrogens (tertiary/aromatic N) is 3. The van der Waals surface area contributed by atoms with Crippen molar-refractivity contribution in [1.29, 1.82) is 0 Å². The molecule has 13 nitrogen and oxygen atoms in total. The van der Waals surface area contributed by atoms with E-state index in [1.807, 2.05) is 58.0 Å². The maximum absolute atomic E-state index is 14.5. The number of ketones is 1. The maximum atomic E-state index is 14.5. The highest BCUT2D eigenvalue weighted by molar-refractivity contribution is 6.38. The lowest BCUT2D eigenvalue weighted by Gasteiger charge is -2.37. The summed E-state index contributed by atoms with van der Waals surface area (Å²) in [6.07, 6.45) is 7.43. The summed E-state index contributed by atoms with van der Waals surface area (Å²) in [7, 11) is 0. The van der Waals surface area contributed by atoms with Crippen molar-refractivity contribution >= 4 is 35.3 Å². The molecule has 5 amide bonds. The third kappa shape index (κ3) is 9.56. The van der Waals surface area contributed by atoms with Gasteiger partial charge in [-0.15, -0.1) is 0 Å². The Bertz CT molecular complexity index is 1560. The Balaban J connectivity index is 1.52. The molecule has 2 fully saturated rings. The topological polar surface area (TPSA) is 180 Å². The highest BCUT2D eigenvalue weighted by Crippen LogP contribution is 2.43. The van der Waals surface area contributed by atoms with Gasteiger partial charge < -0.3 is 26.2 Å². The zero-order valence-electron chi connectivity index (χ0n) is 30.8. The van der Waals surface area contributed by atoms with Crippen molar-refractivity contribution in [3.05, 3.63) is 60.2 Å². The summed E-state index contributed by atoms with van der Waals surface area (Å²) in [6.45, 7) is 13.0. The Morgan fingerprint density at radius 3 is 2.24 bits per heavy atom. The van der Waals surface area contributed by atoms with Crippen molar-refractivity contribution in [1.82, 2.24) is 36.1 Å². The van der Waals surface area contributed by atoms with Gasteiger partial charge in [-0.2, -0.15) is 0 Å². The van der Waals surface area contributed by atoms with E-state index in [1.54, 1.807) is 25.7 Å². The van der Waals surface area contributed by atoms with Crippen LogP contribution in [0, 0.1) is 23.2 Å². The number of carbonyl (C=O) groups is 6. The van der Waals surface area contributed by atoms with Crippen molar-refractivity contribution in [2.24, 2.45) is 23.2 Å². The van der Waals surface area contributed by atoms with Gasteiger partial charge in [0.05, 0.1) is 18.3 Å². The largest absolute Gasteiger partial charge is 0.344 e. The van der Waals surface area contributed by atoms with E-state index < -0.39 is 70.9 Å². The van der Waals surface area contributed by atoms with E-state index in [0.29, 0.717) is 13.0 Å². The van der Waals surface area contributed by atoms with Gasteiger partial charge in [-0.05, 0) is 54.9 Å². The van der Waals surface area contributed by atoms with Crippen molar-refractivity contribution < 1.29 is 28.8 Å². The predicted molar refractivity (Wildman–Crippen MR) is 191 cm³/mol. The number of nitrogens with one attached hydrogen (secondary N) is 4. The lowest BCUT2D eigenvalue weighted by atomic mass is 9.85. The van der Waals surface area contributed by atoms with Crippen LogP contribution in [-0.2, 0) is 24.0 Å². The van der Waals surface area contributed by atoms with E-state index in [-0.39, 0.29) is 29.9 Å². The molecule has 2 aromatic rings. The van der Waals surface area contributed by atoms with Crippen LogP contribution in [-0.4, -0.2) is 80.9 Å². The molecule has 1 aromatic heterocycles. The zero-order chi connectivity index (χ0) is 37.5. The minimum absolute atomic E-state index is 0.0555. The van der Waals surface area contributed by atoms with E-state index in [9.17, 15) is 28.8 Å². The molecule has 0 bridgehead atoms. The summed E-state index contributed by atoms with van der Waals surface area (Å²) in [4.78, 5) is 91.4. The monoisotopic (exact) mass is 703 g/mol. The van der Waals surface area contributed by atoms with Gasteiger partial charge in [-0.25, -0.2) is 4.98 Å². The van der Waals surface area contributed by atoms with Crippen molar-refractivity contribution in [3.63, 3.8) is 0 Å². The van der Waals surface area contributed by atoms with Crippen molar-refractivity contribution in [2.45, 2.75) is 111 Å². The van der Waals surface area contributed by atoms with Crippen LogP contribution in [0.4, 0.5) is 0 Å². The molecule has 4 N–H and O–H groups in total. The smallest absolute Gasteiger partial charge is 0.290 e. The molecule has 1 saturated heterocycles. The summed E-state index contributed by atoms with van der Waals surface area (Å²) in [5.74, 6) is -3.90. The first-order valence-corrected chi connectivity index (χ1v) is 18.0. The average Bonchev–Trinajstić information content (AvgIpc) is 3.70. The number of rotatable bonds is 14. The first kappa shape index (κ1) is 39.1. The third-order valence-corrected chi connectivity index (χ3v) is 9.95. The van der Waals surface area contributed by atoms with Crippen LogP contribution in [0.25, 0.3) is 0 Å². The Morgan fingerprint density at radius 1 is 0.922 bits per heavy atom. The summed E-state index contributed by atoms with van der Waals surface area (Å²) in [5, 5.41) is 11.2. The molecular weight excluding hydrogens is 650 g/mol. The highest BCUT2D eigenvalue weighted by Gasteiger charge is 2.52. The Labute approximate surface area is 300 Å². The number of carbonyl (C=O) groups excluding carboxylic acids is 6. The summed E-state index contributed by atoms with van der Waals surface area (Å²) >= 11 is 0. The van der Waals surface area contributed by atoms with E-state index >= 15 is 0 Å². The molecule has 1 aliphatic heterocycles. The SMILES string of the molecule is CCC[C@H](NC(=O)[C@@H]1C2CCCC2CN1C(=O)[C@@H](NC(=O)[C@@H](NC(=O)c1cnccn1)C(C)C)C(C)(C)C)C(=O)C(=O)N[C@@H](C)c1ccccc1. The second kappa shape index (κ2) is 17.0. The van der Waals surface area contributed by atoms with Crippen LogP contribution in [0.1, 0.15) is 103 Å². The van der Waals surface area contributed by atoms with Crippen molar-refractivity contribution in [3.8, 4) is 0 Å². The lowest BCUT2D eigenvalue weighted by molar-refractivity contribution is -0.146. The second-order valence-electron chi connectivity index (χ2n) is 15.2. The Kier molecular flexibility index (Phi) is 13.1. The highest BCUT2D eigenvalue weighted by atomic mass is 16.2. The summed E-state index contributed by atoms with van der Waals surface area (Å²) in [5.41, 5.74) is 0.131. The van der Waals surface area contributed by atoms with Crippen LogP contribution in [0.3, 0.4) is 0 Å². The second-order valence-corrected chi connectivity index (χ2v) is 15.2. The molecule has 7 atom stereocenters. The predicted octanol–water partition coefficient (Wildman–Crippen LogP) is 3.12. The van der Waals surface area contributed by atoms with Gasteiger partial charge in [0, 0.05) is 18.9 Å². The molecular formula is C38H53N7O6. The minimum atomic E-state index is -1.06. The molecule has 276 valence electrons. The normalized spacial score (nSPS) is 20.8. The molecule has 13 heteroatoms. The average molecular weight is 704 g/mol. The van der Waals surface area contributed by atoms with Gasteiger partial charge in [0.15, 0.2) is 0 Å². The number of benzene rings is 1. The molecule has 2 heterocycles. The Morgan fingerprint density at radius 2 is 1.63 bits per heavy atom. The molecule has 0 radical (unpaired) electrons. The molecule has 1 aromatic carbocycles. The summed E-state index contributed by atoms with van der Waals surface area (Å²) in [6, 6.07) is 4.91. The number of hydrogen-bond donors (Lipinski definition) is 4. The fourth-order valence-corrected chi connectivity index (χ4v) is 7.15. The van der Waals surface area contributed by atoms with Crippen LogP contribution in [0.15, 0.2) is 48.9 Å². The van der Waals surface area contributed by atoms with E-state index in [4.69, 9.17) is 0 Å². The van der Waals surface area contributed by atoms with Crippen LogP contribution >= 0.6 is 0 Å². The quantitative estimate of drug-likeness (QED) is 0.217. The van der Waals surface area contributed by atoms with Gasteiger partial charge in [0.25, 0.3) is 11.8 Å². The summed E-state index contributed by atoms with van der Waals surface area (Å²) < 4.78 is 0. The van der Waals surface area contributed by atoms with Gasteiger partial charge in [0.2, 0.25) is 23.5 Å². The third-order valence-electron chi connectivity index (χ3n) is 9.95. The zero-order valence-corrected chi connectivity index (χ0v) is 30.8. The number of hydrogen-bond acceptors (Lipinski definition) is 8. The number of fused-ring (bicyclic) bond motifs is 1. The van der Waals surface area contributed by atoms with Crippen LogP contribution < -0.4 is 21.3 Å². The van der Waals surface area contributed by atoms with Gasteiger partial charge in [-0.3, -0.25) is 33.8 Å². The number of Topliss-reactive ketones (excluding diaryl/α,β-unsaturated/α-hetero) is 1. The van der Waals surface area contributed by atoms with E-state index in [0.717, 1.165) is 24.8 Å². The first-order valence-electron chi connectivity index (χ1n) is 18.0. The first-order chi connectivity index (χ1) is 24.1. The molecule has 4 rings (SSSR count). The van der Waals surface area contributed by atoms with Gasteiger partial charge >= 0.3 is 0 Å². The molecule has 1 aliphatic carbocycles. The van der Waals surface area contributed by atoms with E-state index in [2.05, 4.69) is 31.2 Å². The van der Waals surface area contributed by atoms with Gasteiger partial charge in [-0.1, -0.05) is 84.7 Å². The number of likely N-dealkylation sites (tertiary alicyclic amines) is 1. The fraction of sp³-hybridized carbons (Fsp3) is 0.579. The maximum Gasteiger partial charge on any atom is 0.290 e. The standard InChI is InChI=1S/C38H53N7O6/c1-8-13-27(31(46)36(50)41-23(4)24-14-10-9-11-15-24)42-35(49)30-26-17-12-16-25(26)21-45(30)37(51)32(38(5,6)7)44-34(48)29(22(2)3)43-33(47)28-20-39-18-19-40-28/h9-11,14-15,18-20,22-23,25-27,29-30,32H,8,12-13,16-17,21H2,1-7H3,(H,41,50)(H,42,49)(H,43,47)(H,44,48)/t23-,25?,26?,27-,29-,30-,32+/m0/s1. The van der Waals surface area contributed by atoms with Crippen molar-refractivity contribution in [2.75, 3.05) is 6.54 Å². The van der Waals surface area contributed by atoms with Crippen LogP contribution in [0.2, 0.25) is 0 Å². The van der Waals surface area contributed by atoms with E-state index in [1.165, 1.54) is 18.6 Å². The molecule has 2 unspecified atom stereocenters.